The van der Waals surface area contributed by atoms with E-state index in [0.717, 1.165) is 16.8 Å². The Morgan fingerprint density at radius 2 is 1.75 bits per heavy atom. The fourth-order valence-electron chi connectivity index (χ4n) is 4.05. The molecule has 182 valence electrons. The van der Waals surface area contributed by atoms with Gasteiger partial charge in [0, 0.05) is 11.3 Å². The number of fused-ring (bicyclic) bond motifs is 3. The number of anilines is 1. The minimum Gasteiger partial charge on any atom is -0.496 e. The highest BCUT2D eigenvalue weighted by Crippen LogP contribution is 2.27. The molecule has 36 heavy (non-hydrogen) atoms. The molecule has 2 aromatic heterocycles. The van der Waals surface area contributed by atoms with E-state index in [1.54, 1.807) is 17.7 Å². The van der Waals surface area contributed by atoms with Gasteiger partial charge < -0.3 is 10.1 Å². The molecule has 8 nitrogen and oxygen atoms in total. The van der Waals surface area contributed by atoms with Crippen LogP contribution >= 0.6 is 11.8 Å². The van der Waals surface area contributed by atoms with E-state index < -0.39 is 5.25 Å². The number of hydrogen-bond acceptors (Lipinski definition) is 6. The number of hydrogen-bond donors (Lipinski definition) is 1. The normalized spacial score (nSPS) is 12.1. The lowest BCUT2D eigenvalue weighted by Gasteiger charge is -2.14. The second-order valence-corrected chi connectivity index (χ2v) is 9.76. The van der Waals surface area contributed by atoms with Crippen molar-refractivity contribution in [2.45, 2.75) is 30.8 Å². The van der Waals surface area contributed by atoms with Crippen molar-refractivity contribution in [1.29, 1.82) is 0 Å². The Balaban J connectivity index is 1.54. The number of rotatable bonds is 7. The van der Waals surface area contributed by atoms with Gasteiger partial charge in [0.2, 0.25) is 11.7 Å². The number of nitrogens with one attached hydrogen (secondary N) is 1. The molecule has 1 atom stereocenters. The number of thioether (sulfide) groups is 1. The molecule has 0 aliphatic heterocycles. The molecule has 0 saturated heterocycles. The number of methoxy groups -OCH3 is 1. The Morgan fingerprint density at radius 3 is 2.53 bits per heavy atom. The first-order chi connectivity index (χ1) is 17.5. The highest BCUT2D eigenvalue weighted by Gasteiger charge is 2.22. The van der Waals surface area contributed by atoms with Crippen LogP contribution in [0.1, 0.15) is 18.1 Å². The maximum atomic E-state index is 13.5. The largest absolute Gasteiger partial charge is 0.496 e. The number of nitrogens with zero attached hydrogens (tertiary/aromatic N) is 4. The maximum absolute atomic E-state index is 13.5. The van der Waals surface area contributed by atoms with Gasteiger partial charge in [-0.15, -0.1) is 10.2 Å². The molecule has 0 saturated carbocycles. The summed E-state index contributed by atoms with van der Waals surface area (Å²) >= 11 is 1.29. The smallest absolute Gasteiger partial charge is 0.263 e. The predicted octanol–water partition coefficient (Wildman–Crippen LogP) is 4.53. The molecular weight excluding hydrogens is 474 g/mol. The minimum atomic E-state index is -0.452. The van der Waals surface area contributed by atoms with E-state index in [1.165, 1.54) is 11.8 Å². The fraction of sp³-hybridized carbons (Fsp3) is 0.185. The van der Waals surface area contributed by atoms with Crippen molar-refractivity contribution in [2.24, 2.45) is 0 Å². The lowest BCUT2D eigenvalue weighted by Crippen LogP contribution is -2.25. The summed E-state index contributed by atoms with van der Waals surface area (Å²) in [5.74, 6) is 0.941. The second kappa shape index (κ2) is 9.87. The number of carbonyl (C=O) groups excluding carboxylic acids is 1. The molecule has 0 fully saturated rings. The standard InChI is InChI=1S/C27H25N5O3S/c1-17-12-14-20(15-13-17)28-24(33)18(2)36-27-30-29-26-31(16-19-8-4-7-11-23(19)35-3)25(34)21-9-5-6-10-22(21)32(26)27/h4-15,18H,16H2,1-3H3,(H,28,33). The Bertz CT molecular complexity index is 1620. The molecule has 2 heterocycles. The monoisotopic (exact) mass is 499 g/mol. The highest BCUT2D eigenvalue weighted by atomic mass is 32.2. The van der Waals surface area contributed by atoms with Crippen molar-refractivity contribution in [3.63, 3.8) is 0 Å². The molecule has 1 amide bonds. The SMILES string of the molecule is COc1ccccc1Cn1c(=O)c2ccccc2n2c(SC(C)C(=O)Nc3ccc(C)cc3)nnc12. The van der Waals surface area contributed by atoms with Gasteiger partial charge in [0.05, 0.1) is 29.8 Å². The average molecular weight is 500 g/mol. The summed E-state index contributed by atoms with van der Waals surface area (Å²) in [6.07, 6.45) is 0. The second-order valence-electron chi connectivity index (χ2n) is 8.45. The molecule has 5 rings (SSSR count). The van der Waals surface area contributed by atoms with Crippen LogP contribution in [0.2, 0.25) is 0 Å². The van der Waals surface area contributed by atoms with Crippen LogP contribution in [0.3, 0.4) is 0 Å². The molecule has 3 aromatic carbocycles. The van der Waals surface area contributed by atoms with Gasteiger partial charge >= 0.3 is 0 Å². The van der Waals surface area contributed by atoms with E-state index in [1.807, 2.05) is 85.0 Å². The minimum absolute atomic E-state index is 0.146. The van der Waals surface area contributed by atoms with Gasteiger partial charge in [-0.05, 0) is 44.2 Å². The summed E-state index contributed by atoms with van der Waals surface area (Å²) in [6.45, 7) is 4.09. The van der Waals surface area contributed by atoms with E-state index in [0.29, 0.717) is 27.6 Å². The van der Waals surface area contributed by atoms with Crippen LogP contribution < -0.4 is 15.6 Å². The van der Waals surface area contributed by atoms with Gasteiger partial charge in [-0.25, -0.2) is 0 Å². The topological polar surface area (TPSA) is 90.5 Å². The van der Waals surface area contributed by atoms with E-state index in [-0.39, 0.29) is 18.0 Å². The zero-order valence-electron chi connectivity index (χ0n) is 20.1. The Kier molecular flexibility index (Phi) is 6.47. The van der Waals surface area contributed by atoms with Crippen LogP contribution in [0.5, 0.6) is 5.75 Å². The van der Waals surface area contributed by atoms with Gasteiger partial charge in [-0.1, -0.05) is 59.8 Å². The van der Waals surface area contributed by atoms with Gasteiger partial charge in [-0.2, -0.15) is 0 Å². The summed E-state index contributed by atoms with van der Waals surface area (Å²) in [4.78, 5) is 26.4. The van der Waals surface area contributed by atoms with Crippen LogP contribution in [0, 0.1) is 6.92 Å². The first kappa shape index (κ1) is 23.6. The molecule has 5 aromatic rings. The fourth-order valence-corrected chi connectivity index (χ4v) is 4.90. The van der Waals surface area contributed by atoms with Crippen molar-refractivity contribution >= 4 is 40.0 Å². The summed E-state index contributed by atoms with van der Waals surface area (Å²) in [5.41, 5.74) is 3.23. The van der Waals surface area contributed by atoms with Gasteiger partial charge in [-0.3, -0.25) is 18.6 Å². The summed E-state index contributed by atoms with van der Waals surface area (Å²) < 4.78 is 8.92. The van der Waals surface area contributed by atoms with E-state index >= 15 is 0 Å². The first-order valence-corrected chi connectivity index (χ1v) is 12.4. The Hall–Kier alpha value is -4.11. The Morgan fingerprint density at radius 1 is 1.03 bits per heavy atom. The molecule has 1 unspecified atom stereocenters. The lowest BCUT2D eigenvalue weighted by atomic mass is 10.2. The van der Waals surface area contributed by atoms with Gasteiger partial charge in [0.15, 0.2) is 5.16 Å². The zero-order valence-corrected chi connectivity index (χ0v) is 21.0. The van der Waals surface area contributed by atoms with Gasteiger partial charge in [0.1, 0.15) is 5.75 Å². The van der Waals surface area contributed by atoms with Crippen LogP contribution in [-0.4, -0.2) is 37.4 Å². The predicted molar refractivity (Wildman–Crippen MR) is 142 cm³/mol. The number of ether oxygens (including phenoxy) is 1. The molecular formula is C27H25N5O3S. The van der Waals surface area contributed by atoms with Crippen LogP contribution in [0.25, 0.3) is 16.7 Å². The molecule has 0 aliphatic rings. The average Bonchev–Trinajstić information content (AvgIpc) is 3.31. The van der Waals surface area contributed by atoms with Crippen molar-refractivity contribution in [1.82, 2.24) is 19.2 Å². The third-order valence-electron chi connectivity index (χ3n) is 5.97. The number of carbonyl (C=O) groups is 1. The molecule has 9 heteroatoms. The van der Waals surface area contributed by atoms with Crippen molar-refractivity contribution in [2.75, 3.05) is 12.4 Å². The van der Waals surface area contributed by atoms with Crippen molar-refractivity contribution < 1.29 is 9.53 Å². The third kappa shape index (κ3) is 4.45. The first-order valence-electron chi connectivity index (χ1n) is 11.5. The van der Waals surface area contributed by atoms with Crippen LogP contribution in [-0.2, 0) is 11.3 Å². The quantitative estimate of drug-likeness (QED) is 0.331. The summed E-state index contributed by atoms with van der Waals surface area (Å²) in [6, 6.07) is 22.6. The Labute approximate surface area is 211 Å². The van der Waals surface area contributed by atoms with E-state index in [9.17, 15) is 9.59 Å². The summed E-state index contributed by atoms with van der Waals surface area (Å²) in [7, 11) is 1.60. The maximum Gasteiger partial charge on any atom is 0.263 e. The molecule has 0 aliphatic carbocycles. The molecule has 0 spiro atoms. The molecule has 0 bridgehead atoms. The number of aryl methyl sites for hydroxylation is 1. The molecule has 1 N–H and O–H groups in total. The van der Waals surface area contributed by atoms with Crippen LogP contribution in [0.4, 0.5) is 5.69 Å². The number of amides is 1. The van der Waals surface area contributed by atoms with Crippen molar-refractivity contribution in [3.8, 4) is 5.75 Å². The van der Waals surface area contributed by atoms with Crippen molar-refractivity contribution in [3.05, 3.63) is 94.3 Å². The zero-order chi connectivity index (χ0) is 25.2. The molecule has 0 radical (unpaired) electrons. The number of para-hydroxylation sites is 2. The number of benzene rings is 3. The highest BCUT2D eigenvalue weighted by molar-refractivity contribution is 8.00. The van der Waals surface area contributed by atoms with Crippen LogP contribution in [0.15, 0.2) is 82.7 Å². The van der Waals surface area contributed by atoms with E-state index in [2.05, 4.69) is 15.5 Å². The summed E-state index contributed by atoms with van der Waals surface area (Å²) in [5, 5.41) is 12.3. The lowest BCUT2D eigenvalue weighted by molar-refractivity contribution is -0.115. The van der Waals surface area contributed by atoms with E-state index in [4.69, 9.17) is 4.74 Å². The van der Waals surface area contributed by atoms with Gasteiger partial charge in [0.25, 0.3) is 5.56 Å². The number of aromatic nitrogens is 4. The third-order valence-corrected chi connectivity index (χ3v) is 7.01.